The minimum absolute atomic E-state index is 0.00626. The highest BCUT2D eigenvalue weighted by atomic mass is 16.3. The topological polar surface area (TPSA) is 52.6 Å². The van der Waals surface area contributed by atoms with Crippen molar-refractivity contribution in [3.8, 4) is 0 Å². The minimum Gasteiger partial charge on any atom is -0.396 e. The lowest BCUT2D eigenvalue weighted by Gasteiger charge is -2.34. The molecule has 0 aromatic carbocycles. The molecule has 0 radical (unpaired) electrons. The summed E-state index contributed by atoms with van der Waals surface area (Å²) >= 11 is 0. The molecule has 1 saturated carbocycles. The van der Waals surface area contributed by atoms with Crippen molar-refractivity contribution >= 4 is 5.91 Å². The predicted molar refractivity (Wildman–Crippen MR) is 57.4 cm³/mol. The molecule has 1 aliphatic carbocycles. The molecule has 15 heavy (non-hydrogen) atoms. The molecule has 0 spiro atoms. The van der Waals surface area contributed by atoms with Crippen LogP contribution in [0.15, 0.2) is 0 Å². The maximum atomic E-state index is 12.0. The van der Waals surface area contributed by atoms with Gasteiger partial charge in [-0.3, -0.25) is 4.79 Å². The average molecular weight is 212 g/mol. The van der Waals surface area contributed by atoms with Crippen LogP contribution in [0, 0.1) is 5.41 Å². The van der Waals surface area contributed by atoms with E-state index in [9.17, 15) is 9.90 Å². The van der Waals surface area contributed by atoms with Crippen molar-refractivity contribution in [2.75, 3.05) is 26.7 Å². The van der Waals surface area contributed by atoms with E-state index in [0.29, 0.717) is 0 Å². The van der Waals surface area contributed by atoms with Crippen LogP contribution in [0.2, 0.25) is 0 Å². The maximum Gasteiger partial charge on any atom is 0.239 e. The van der Waals surface area contributed by atoms with Gasteiger partial charge >= 0.3 is 0 Å². The third-order valence-corrected chi connectivity index (χ3v) is 3.70. The van der Waals surface area contributed by atoms with Gasteiger partial charge in [0.1, 0.15) is 0 Å². The third-order valence-electron chi connectivity index (χ3n) is 3.70. The zero-order chi connectivity index (χ0) is 10.9. The fraction of sp³-hybridized carbons (Fsp3) is 0.909. The van der Waals surface area contributed by atoms with Gasteiger partial charge in [-0.25, -0.2) is 0 Å². The van der Waals surface area contributed by atoms with Gasteiger partial charge in [-0.1, -0.05) is 0 Å². The number of nitrogens with zero attached hydrogens (tertiary/aromatic N) is 1. The molecule has 2 rings (SSSR count). The molecule has 0 bridgehead atoms. The Morgan fingerprint density at radius 3 is 2.87 bits per heavy atom. The van der Waals surface area contributed by atoms with Gasteiger partial charge in [0, 0.05) is 18.5 Å². The number of rotatable bonds is 4. The second-order valence-electron chi connectivity index (χ2n) is 4.90. The Balaban J connectivity index is 1.94. The zero-order valence-electron chi connectivity index (χ0n) is 9.33. The van der Waals surface area contributed by atoms with E-state index in [1.165, 1.54) is 0 Å². The molecule has 2 fully saturated rings. The summed E-state index contributed by atoms with van der Waals surface area (Å²) in [6, 6.07) is -0.00626. The number of piperidine rings is 1. The van der Waals surface area contributed by atoms with Crippen LogP contribution in [0.1, 0.15) is 25.7 Å². The molecular formula is C11H20N2O2. The molecule has 86 valence electrons. The van der Waals surface area contributed by atoms with Gasteiger partial charge in [0.25, 0.3) is 0 Å². The van der Waals surface area contributed by atoms with Crippen molar-refractivity contribution < 1.29 is 9.90 Å². The zero-order valence-corrected chi connectivity index (χ0v) is 9.33. The summed E-state index contributed by atoms with van der Waals surface area (Å²) in [5.74, 6) is 0.212. The third kappa shape index (κ3) is 2.16. The molecule has 1 aliphatic heterocycles. The lowest BCUT2D eigenvalue weighted by atomic mass is 10.0. The van der Waals surface area contributed by atoms with Gasteiger partial charge in [-0.05, 0) is 32.7 Å². The average Bonchev–Trinajstić information content (AvgIpc) is 3.02. The van der Waals surface area contributed by atoms with Crippen LogP contribution in [0.5, 0.6) is 0 Å². The Morgan fingerprint density at radius 2 is 2.33 bits per heavy atom. The van der Waals surface area contributed by atoms with Gasteiger partial charge in [0.15, 0.2) is 0 Å². The molecule has 4 nitrogen and oxygen atoms in total. The molecule has 1 atom stereocenters. The summed E-state index contributed by atoms with van der Waals surface area (Å²) in [6.07, 6.45) is 4.14. The highest BCUT2D eigenvalue weighted by Gasteiger charge is 2.45. The van der Waals surface area contributed by atoms with Crippen LogP contribution in [0.25, 0.3) is 0 Å². The van der Waals surface area contributed by atoms with Crippen molar-refractivity contribution in [1.29, 1.82) is 0 Å². The smallest absolute Gasteiger partial charge is 0.239 e. The van der Waals surface area contributed by atoms with E-state index in [0.717, 1.165) is 38.8 Å². The number of likely N-dealkylation sites (N-methyl/N-ethyl adjacent to an activating group) is 1. The van der Waals surface area contributed by atoms with E-state index in [1.54, 1.807) is 0 Å². The standard InChI is InChI=1S/C11H20N2O2/c1-12-9-3-2-6-13(10(9)15)7-11(8-14)4-5-11/h9,12,14H,2-8H2,1H3. The lowest BCUT2D eigenvalue weighted by Crippen LogP contribution is -2.51. The Labute approximate surface area is 90.6 Å². The first-order valence-corrected chi connectivity index (χ1v) is 5.78. The molecule has 1 heterocycles. The SMILES string of the molecule is CNC1CCCN(CC2(CO)CC2)C1=O. The first-order chi connectivity index (χ1) is 7.21. The number of amides is 1. The quantitative estimate of drug-likeness (QED) is 0.688. The van der Waals surface area contributed by atoms with Gasteiger partial charge in [-0.15, -0.1) is 0 Å². The maximum absolute atomic E-state index is 12.0. The summed E-state index contributed by atoms with van der Waals surface area (Å²) in [6.45, 7) is 1.83. The van der Waals surface area contributed by atoms with E-state index in [1.807, 2.05) is 11.9 Å². The first-order valence-electron chi connectivity index (χ1n) is 5.78. The molecule has 1 saturated heterocycles. The van der Waals surface area contributed by atoms with Crippen LogP contribution in [-0.2, 0) is 4.79 Å². The molecule has 2 N–H and O–H groups in total. The van der Waals surface area contributed by atoms with Gasteiger partial charge < -0.3 is 15.3 Å². The van der Waals surface area contributed by atoms with Crippen LogP contribution < -0.4 is 5.32 Å². The van der Waals surface area contributed by atoms with Gasteiger partial charge in [0.2, 0.25) is 5.91 Å². The summed E-state index contributed by atoms with van der Waals surface area (Å²) in [7, 11) is 1.84. The monoisotopic (exact) mass is 212 g/mol. The number of carbonyl (C=O) groups is 1. The van der Waals surface area contributed by atoms with Crippen molar-refractivity contribution in [3.05, 3.63) is 0 Å². The second kappa shape index (κ2) is 4.10. The van der Waals surface area contributed by atoms with E-state index in [2.05, 4.69) is 5.32 Å². The number of hydrogen-bond acceptors (Lipinski definition) is 3. The van der Waals surface area contributed by atoms with Crippen LogP contribution in [0.3, 0.4) is 0 Å². The number of hydrogen-bond donors (Lipinski definition) is 2. The molecule has 0 aromatic rings. The van der Waals surface area contributed by atoms with Crippen molar-refractivity contribution in [2.45, 2.75) is 31.7 Å². The molecular weight excluding hydrogens is 192 g/mol. The van der Waals surface area contributed by atoms with E-state index in [4.69, 9.17) is 0 Å². The fourth-order valence-corrected chi connectivity index (χ4v) is 2.31. The summed E-state index contributed by atoms with van der Waals surface area (Å²) < 4.78 is 0. The molecule has 1 amide bonds. The van der Waals surface area contributed by atoms with Crippen molar-refractivity contribution in [3.63, 3.8) is 0 Å². The van der Waals surface area contributed by atoms with Crippen LogP contribution >= 0.6 is 0 Å². The summed E-state index contributed by atoms with van der Waals surface area (Å²) in [5.41, 5.74) is 0.0469. The molecule has 0 aromatic heterocycles. The summed E-state index contributed by atoms with van der Waals surface area (Å²) in [4.78, 5) is 13.9. The van der Waals surface area contributed by atoms with Crippen molar-refractivity contribution in [2.24, 2.45) is 5.41 Å². The van der Waals surface area contributed by atoms with E-state index in [-0.39, 0.29) is 24.0 Å². The Morgan fingerprint density at radius 1 is 1.60 bits per heavy atom. The van der Waals surface area contributed by atoms with Crippen LogP contribution in [0.4, 0.5) is 0 Å². The Hall–Kier alpha value is -0.610. The van der Waals surface area contributed by atoms with Gasteiger partial charge in [-0.2, -0.15) is 0 Å². The largest absolute Gasteiger partial charge is 0.396 e. The number of aliphatic hydroxyl groups is 1. The first kappa shape index (κ1) is 10.9. The molecule has 4 heteroatoms. The van der Waals surface area contributed by atoms with Crippen LogP contribution in [-0.4, -0.2) is 48.7 Å². The predicted octanol–water partition coefficient (Wildman–Crippen LogP) is -0.0307. The number of carbonyl (C=O) groups excluding carboxylic acids is 1. The molecule has 1 unspecified atom stereocenters. The highest BCUT2D eigenvalue weighted by molar-refractivity contribution is 5.82. The number of aliphatic hydroxyl groups excluding tert-OH is 1. The van der Waals surface area contributed by atoms with E-state index >= 15 is 0 Å². The van der Waals surface area contributed by atoms with Gasteiger partial charge in [0.05, 0.1) is 12.6 Å². The Bertz CT molecular complexity index is 251. The highest BCUT2D eigenvalue weighted by Crippen LogP contribution is 2.45. The van der Waals surface area contributed by atoms with Crippen molar-refractivity contribution in [1.82, 2.24) is 10.2 Å². The summed E-state index contributed by atoms with van der Waals surface area (Å²) in [5, 5.41) is 12.3. The normalized spacial score (nSPS) is 29.3. The molecule has 2 aliphatic rings. The fourth-order valence-electron chi connectivity index (χ4n) is 2.31. The minimum atomic E-state index is -0.00626. The second-order valence-corrected chi connectivity index (χ2v) is 4.90. The van der Waals surface area contributed by atoms with E-state index < -0.39 is 0 Å². The number of nitrogens with one attached hydrogen (secondary N) is 1. The Kier molecular flexibility index (Phi) is 2.98. The lowest BCUT2D eigenvalue weighted by molar-refractivity contribution is -0.137. The number of likely N-dealkylation sites (tertiary alicyclic amines) is 1.